The first kappa shape index (κ1) is 18.6. The molecule has 30 heavy (non-hydrogen) atoms. The van der Waals surface area contributed by atoms with Gasteiger partial charge in [-0.1, -0.05) is 30.3 Å². The quantitative estimate of drug-likeness (QED) is 0.634. The maximum atomic E-state index is 13.2. The Hall–Kier alpha value is -3.41. The molecule has 0 saturated carbocycles. The molecule has 152 valence electrons. The SMILES string of the molecule is CC(C)(C)OC(=O)N1Cc2ccccc2C[C@H]1c1ccc2c3c(ccnc13)NC2=O. The van der Waals surface area contributed by atoms with E-state index in [4.69, 9.17) is 4.74 Å². The van der Waals surface area contributed by atoms with Crippen LogP contribution in [0.1, 0.15) is 53.9 Å². The Morgan fingerprint density at radius 2 is 1.90 bits per heavy atom. The molecule has 0 spiro atoms. The van der Waals surface area contributed by atoms with Crippen molar-refractivity contribution in [1.29, 1.82) is 0 Å². The number of carbonyl (C=O) groups is 2. The maximum Gasteiger partial charge on any atom is 0.411 e. The number of rotatable bonds is 1. The number of nitrogens with zero attached hydrogens (tertiary/aromatic N) is 2. The zero-order valence-electron chi connectivity index (χ0n) is 17.2. The number of anilines is 1. The van der Waals surface area contributed by atoms with Gasteiger partial charge in [-0.15, -0.1) is 0 Å². The summed E-state index contributed by atoms with van der Waals surface area (Å²) in [6, 6.07) is 13.5. The lowest BCUT2D eigenvalue weighted by atomic mass is 9.88. The van der Waals surface area contributed by atoms with Crippen LogP contribution in [-0.2, 0) is 17.7 Å². The van der Waals surface area contributed by atoms with Gasteiger partial charge in [0.1, 0.15) is 5.60 Å². The number of hydrogen-bond donors (Lipinski definition) is 1. The molecule has 0 fully saturated rings. The minimum Gasteiger partial charge on any atom is -0.444 e. The molecule has 1 atom stereocenters. The first-order valence-corrected chi connectivity index (χ1v) is 10.1. The maximum absolute atomic E-state index is 13.2. The summed E-state index contributed by atoms with van der Waals surface area (Å²) < 4.78 is 5.73. The van der Waals surface area contributed by atoms with Gasteiger partial charge in [-0.3, -0.25) is 14.7 Å². The molecule has 5 rings (SSSR count). The lowest BCUT2D eigenvalue weighted by Gasteiger charge is -2.38. The highest BCUT2D eigenvalue weighted by Crippen LogP contribution is 2.40. The van der Waals surface area contributed by atoms with Gasteiger partial charge in [-0.2, -0.15) is 0 Å². The highest BCUT2D eigenvalue weighted by atomic mass is 16.6. The van der Waals surface area contributed by atoms with Crippen LogP contribution in [0.15, 0.2) is 48.7 Å². The summed E-state index contributed by atoms with van der Waals surface area (Å²) in [6.07, 6.45) is 2.02. The molecule has 0 unspecified atom stereocenters. The van der Waals surface area contributed by atoms with E-state index in [0.717, 1.165) is 27.7 Å². The number of pyridine rings is 1. The van der Waals surface area contributed by atoms with Gasteiger partial charge in [-0.05, 0) is 50.5 Å². The topological polar surface area (TPSA) is 71.5 Å². The molecule has 2 aliphatic rings. The molecule has 6 nitrogen and oxygen atoms in total. The number of ether oxygens (including phenoxy) is 1. The summed E-state index contributed by atoms with van der Waals surface area (Å²) in [4.78, 5) is 31.8. The van der Waals surface area contributed by atoms with Gasteiger partial charge in [-0.25, -0.2) is 4.79 Å². The minimum atomic E-state index is -0.588. The van der Waals surface area contributed by atoms with Crippen molar-refractivity contribution in [2.24, 2.45) is 0 Å². The average molecular weight is 401 g/mol. The molecule has 0 bridgehead atoms. The number of fused-ring (bicyclic) bond motifs is 1. The number of benzene rings is 2. The van der Waals surface area contributed by atoms with Crippen LogP contribution in [0, 0.1) is 0 Å². The van der Waals surface area contributed by atoms with Crippen molar-refractivity contribution in [3.05, 3.63) is 70.9 Å². The standard InChI is InChI=1S/C24H23N3O3/c1-24(2,3)30-23(29)27-13-15-7-5-4-6-14(15)12-19(27)16-8-9-17-20-18(26-22(17)28)10-11-25-21(16)20/h4-11,19H,12-13H2,1-3H3,(H,26,28)/t19-/m0/s1. The normalized spacial score (nSPS) is 17.6. The smallest absolute Gasteiger partial charge is 0.411 e. The van der Waals surface area contributed by atoms with Gasteiger partial charge in [0, 0.05) is 23.7 Å². The number of carbonyl (C=O) groups excluding carboxylic acids is 2. The number of amides is 2. The van der Waals surface area contributed by atoms with E-state index in [1.165, 1.54) is 5.56 Å². The van der Waals surface area contributed by atoms with Crippen molar-refractivity contribution >= 4 is 28.6 Å². The minimum absolute atomic E-state index is 0.118. The predicted molar refractivity (Wildman–Crippen MR) is 114 cm³/mol. The van der Waals surface area contributed by atoms with E-state index in [2.05, 4.69) is 22.4 Å². The molecule has 3 heterocycles. The summed E-state index contributed by atoms with van der Waals surface area (Å²) in [6.45, 7) is 6.08. The summed E-state index contributed by atoms with van der Waals surface area (Å²) >= 11 is 0. The van der Waals surface area contributed by atoms with Crippen molar-refractivity contribution in [3.63, 3.8) is 0 Å². The van der Waals surface area contributed by atoms with Crippen LogP contribution in [0.3, 0.4) is 0 Å². The van der Waals surface area contributed by atoms with Gasteiger partial charge in [0.05, 0.1) is 22.8 Å². The van der Waals surface area contributed by atoms with Gasteiger partial charge in [0.15, 0.2) is 0 Å². The summed E-state index contributed by atoms with van der Waals surface area (Å²) in [7, 11) is 0. The molecule has 2 aliphatic heterocycles. The van der Waals surface area contributed by atoms with Crippen molar-refractivity contribution in [3.8, 4) is 0 Å². The fraction of sp³-hybridized carbons (Fsp3) is 0.292. The van der Waals surface area contributed by atoms with Crippen LogP contribution in [-0.4, -0.2) is 27.5 Å². The van der Waals surface area contributed by atoms with Gasteiger partial charge < -0.3 is 10.1 Å². The molecular formula is C24H23N3O3. The molecule has 6 heteroatoms. The molecule has 0 saturated heterocycles. The third-order valence-electron chi connectivity index (χ3n) is 5.65. The largest absolute Gasteiger partial charge is 0.444 e. The van der Waals surface area contributed by atoms with E-state index < -0.39 is 5.60 Å². The summed E-state index contributed by atoms with van der Waals surface area (Å²) in [5, 5.41) is 3.72. The fourth-order valence-electron chi connectivity index (χ4n) is 4.35. The van der Waals surface area contributed by atoms with Crippen LogP contribution in [0.4, 0.5) is 10.5 Å². The van der Waals surface area contributed by atoms with Gasteiger partial charge in [0.25, 0.3) is 5.91 Å². The Labute approximate surface area is 174 Å². The Morgan fingerprint density at radius 1 is 1.13 bits per heavy atom. The lowest BCUT2D eigenvalue weighted by molar-refractivity contribution is 0.0117. The molecule has 0 radical (unpaired) electrons. The van der Waals surface area contributed by atoms with E-state index in [0.29, 0.717) is 18.5 Å². The highest BCUT2D eigenvalue weighted by molar-refractivity contribution is 6.23. The summed E-state index contributed by atoms with van der Waals surface area (Å²) in [5.74, 6) is -0.118. The molecule has 1 aromatic heterocycles. The first-order valence-electron chi connectivity index (χ1n) is 10.1. The van der Waals surface area contributed by atoms with Crippen molar-refractivity contribution in [2.45, 2.75) is 45.4 Å². The van der Waals surface area contributed by atoms with Gasteiger partial charge >= 0.3 is 6.09 Å². The number of nitrogens with one attached hydrogen (secondary N) is 1. The zero-order valence-corrected chi connectivity index (χ0v) is 17.2. The van der Waals surface area contributed by atoms with E-state index >= 15 is 0 Å². The van der Waals surface area contributed by atoms with Crippen molar-refractivity contribution in [2.75, 3.05) is 5.32 Å². The number of aromatic nitrogens is 1. The van der Waals surface area contributed by atoms with Crippen LogP contribution in [0.25, 0.3) is 10.9 Å². The molecule has 2 aromatic carbocycles. The fourth-order valence-corrected chi connectivity index (χ4v) is 4.35. The Morgan fingerprint density at radius 3 is 2.67 bits per heavy atom. The van der Waals surface area contributed by atoms with E-state index in [9.17, 15) is 9.59 Å². The van der Waals surface area contributed by atoms with Gasteiger partial charge in [0.2, 0.25) is 0 Å². The zero-order chi connectivity index (χ0) is 21.0. The Balaban J connectivity index is 1.65. The molecule has 3 aromatic rings. The second-order valence-electron chi connectivity index (χ2n) is 8.84. The molecule has 2 amide bonds. The monoisotopic (exact) mass is 401 g/mol. The average Bonchev–Trinajstić information content (AvgIpc) is 3.03. The van der Waals surface area contributed by atoms with Crippen molar-refractivity contribution in [1.82, 2.24) is 9.88 Å². The second kappa shape index (κ2) is 6.55. The third kappa shape index (κ3) is 3.00. The second-order valence-corrected chi connectivity index (χ2v) is 8.84. The summed E-state index contributed by atoms with van der Waals surface area (Å²) in [5.41, 5.74) is 4.80. The van der Waals surface area contributed by atoms with Crippen LogP contribution >= 0.6 is 0 Å². The third-order valence-corrected chi connectivity index (χ3v) is 5.65. The highest BCUT2D eigenvalue weighted by Gasteiger charge is 2.36. The molecule has 1 N–H and O–H groups in total. The predicted octanol–water partition coefficient (Wildman–Crippen LogP) is 4.84. The van der Waals surface area contributed by atoms with Crippen molar-refractivity contribution < 1.29 is 14.3 Å². The Kier molecular flexibility index (Phi) is 4.07. The molecule has 0 aliphatic carbocycles. The van der Waals surface area contributed by atoms with E-state index in [1.54, 1.807) is 11.1 Å². The molecular weight excluding hydrogens is 378 g/mol. The first-order chi connectivity index (χ1) is 14.3. The van der Waals surface area contributed by atoms with Crippen LogP contribution in [0.5, 0.6) is 0 Å². The Bertz CT molecular complexity index is 1200. The van der Waals surface area contributed by atoms with Crippen LogP contribution in [0.2, 0.25) is 0 Å². The lowest BCUT2D eigenvalue weighted by Crippen LogP contribution is -2.42. The number of hydrogen-bond acceptors (Lipinski definition) is 4. The van der Waals surface area contributed by atoms with E-state index in [-0.39, 0.29) is 18.0 Å². The van der Waals surface area contributed by atoms with E-state index in [1.807, 2.05) is 51.1 Å². The van der Waals surface area contributed by atoms with Crippen LogP contribution < -0.4 is 5.32 Å².